The van der Waals surface area contributed by atoms with E-state index in [1.54, 1.807) is 24.1 Å². The summed E-state index contributed by atoms with van der Waals surface area (Å²) in [6.45, 7) is 0.959. The Kier molecular flexibility index (Phi) is 6.39. The van der Waals surface area contributed by atoms with Crippen LogP contribution in [0.15, 0.2) is 54.7 Å². The van der Waals surface area contributed by atoms with Gasteiger partial charge in [0.1, 0.15) is 5.75 Å². The number of benzene rings is 2. The van der Waals surface area contributed by atoms with Gasteiger partial charge < -0.3 is 25.3 Å². The van der Waals surface area contributed by atoms with E-state index in [1.165, 1.54) is 0 Å². The van der Waals surface area contributed by atoms with E-state index in [4.69, 9.17) is 4.74 Å². The molecule has 1 fully saturated rings. The zero-order valence-electron chi connectivity index (χ0n) is 17.9. The van der Waals surface area contributed by atoms with Crippen LogP contribution in [-0.2, 0) is 20.8 Å². The number of ether oxygens (including phenoxy) is 1. The number of fused-ring (bicyclic) bond motifs is 1. The highest BCUT2D eigenvalue weighted by molar-refractivity contribution is 6.00. The van der Waals surface area contributed by atoms with Crippen LogP contribution in [-0.4, -0.2) is 49.4 Å². The molecule has 2 aromatic carbocycles. The molecule has 32 heavy (non-hydrogen) atoms. The van der Waals surface area contributed by atoms with Crippen LogP contribution in [0.5, 0.6) is 5.75 Å². The molecular weight excluding hydrogens is 408 g/mol. The molecule has 166 valence electrons. The summed E-state index contributed by atoms with van der Waals surface area (Å²) < 4.78 is 5.21. The summed E-state index contributed by atoms with van der Waals surface area (Å²) in [7, 11) is 1.57. The first kappa shape index (κ1) is 21.4. The van der Waals surface area contributed by atoms with Gasteiger partial charge in [0, 0.05) is 54.9 Å². The van der Waals surface area contributed by atoms with Gasteiger partial charge in [-0.2, -0.15) is 0 Å². The second kappa shape index (κ2) is 9.55. The molecule has 0 saturated carbocycles. The predicted molar refractivity (Wildman–Crippen MR) is 121 cm³/mol. The van der Waals surface area contributed by atoms with Crippen LogP contribution in [0.4, 0.5) is 5.69 Å². The molecule has 4 rings (SSSR count). The van der Waals surface area contributed by atoms with Gasteiger partial charge in [0.05, 0.1) is 19.4 Å². The Labute approximate surface area is 185 Å². The summed E-state index contributed by atoms with van der Waals surface area (Å²) in [5.74, 6) is -0.147. The zero-order valence-corrected chi connectivity index (χ0v) is 17.9. The third kappa shape index (κ3) is 4.74. The molecule has 3 aromatic rings. The number of H-pyrrole nitrogens is 1. The Balaban J connectivity index is 1.22. The number of hydrogen-bond donors (Lipinski definition) is 3. The van der Waals surface area contributed by atoms with E-state index < -0.39 is 5.92 Å². The summed E-state index contributed by atoms with van der Waals surface area (Å²) in [6, 6.07) is 15.1. The highest BCUT2D eigenvalue weighted by Crippen LogP contribution is 2.28. The number of anilines is 1. The normalized spacial score (nSPS) is 15.7. The number of carbonyl (C=O) groups is 3. The number of amides is 3. The van der Waals surface area contributed by atoms with Crippen LogP contribution in [0.2, 0.25) is 0 Å². The minimum Gasteiger partial charge on any atom is -0.497 e. The zero-order chi connectivity index (χ0) is 22.5. The molecule has 1 atom stereocenters. The molecule has 3 N–H and O–H groups in total. The quantitative estimate of drug-likeness (QED) is 0.472. The number of nitrogens with one attached hydrogen (secondary N) is 3. The molecule has 1 aliphatic rings. The number of para-hydroxylation sites is 1. The van der Waals surface area contributed by atoms with Crippen LogP contribution in [0.25, 0.3) is 10.9 Å². The molecule has 2 heterocycles. The summed E-state index contributed by atoms with van der Waals surface area (Å²) in [5, 5.41) is 6.68. The highest BCUT2D eigenvalue weighted by Gasteiger charge is 2.35. The van der Waals surface area contributed by atoms with Crippen molar-refractivity contribution in [2.24, 2.45) is 5.92 Å². The van der Waals surface area contributed by atoms with E-state index in [0.29, 0.717) is 31.1 Å². The summed E-state index contributed by atoms with van der Waals surface area (Å²) >= 11 is 0. The largest absolute Gasteiger partial charge is 0.497 e. The molecule has 8 nitrogen and oxygen atoms in total. The standard InChI is InChI=1S/C24H26N4O4/c1-32-19-6-4-5-18(13-19)28-15-17(12-23(28)30)24(31)26-10-9-25-22(29)11-16-14-27-21-8-3-2-7-20(16)21/h2-8,13-14,17,27H,9-12,15H2,1H3,(H,25,29)(H,26,31). The fourth-order valence-corrected chi connectivity index (χ4v) is 3.96. The van der Waals surface area contributed by atoms with Crippen LogP contribution in [0.1, 0.15) is 12.0 Å². The monoisotopic (exact) mass is 434 g/mol. The molecule has 0 aliphatic carbocycles. The second-order valence-corrected chi connectivity index (χ2v) is 7.78. The minimum atomic E-state index is -0.421. The Morgan fingerprint density at radius 2 is 1.94 bits per heavy atom. The lowest BCUT2D eigenvalue weighted by atomic mass is 10.1. The van der Waals surface area contributed by atoms with Crippen molar-refractivity contribution in [1.29, 1.82) is 0 Å². The molecule has 0 bridgehead atoms. The van der Waals surface area contributed by atoms with Gasteiger partial charge in [-0.1, -0.05) is 24.3 Å². The number of carbonyl (C=O) groups excluding carboxylic acids is 3. The molecule has 1 aliphatic heterocycles. The van der Waals surface area contributed by atoms with Crippen LogP contribution in [0, 0.1) is 5.92 Å². The van der Waals surface area contributed by atoms with Gasteiger partial charge in [-0.25, -0.2) is 0 Å². The van der Waals surface area contributed by atoms with Crippen molar-refractivity contribution in [3.05, 3.63) is 60.3 Å². The minimum absolute atomic E-state index is 0.0922. The van der Waals surface area contributed by atoms with Gasteiger partial charge in [-0.15, -0.1) is 0 Å². The fourth-order valence-electron chi connectivity index (χ4n) is 3.96. The number of methoxy groups -OCH3 is 1. The fraction of sp³-hybridized carbons (Fsp3) is 0.292. The Hall–Kier alpha value is -3.81. The Bertz CT molecular complexity index is 1140. The molecular formula is C24H26N4O4. The maximum atomic E-state index is 12.5. The smallest absolute Gasteiger partial charge is 0.227 e. The summed E-state index contributed by atoms with van der Waals surface area (Å²) in [6.07, 6.45) is 2.28. The first-order valence-corrected chi connectivity index (χ1v) is 10.6. The maximum absolute atomic E-state index is 12.5. The van der Waals surface area contributed by atoms with E-state index >= 15 is 0 Å². The maximum Gasteiger partial charge on any atom is 0.227 e. The van der Waals surface area contributed by atoms with E-state index in [0.717, 1.165) is 16.5 Å². The Morgan fingerprint density at radius 1 is 1.12 bits per heavy atom. The van der Waals surface area contributed by atoms with E-state index in [9.17, 15) is 14.4 Å². The van der Waals surface area contributed by atoms with Gasteiger partial charge in [-0.05, 0) is 23.8 Å². The van der Waals surface area contributed by atoms with E-state index in [-0.39, 0.29) is 30.6 Å². The number of hydrogen-bond acceptors (Lipinski definition) is 4. The van der Waals surface area contributed by atoms with Crippen molar-refractivity contribution < 1.29 is 19.1 Å². The van der Waals surface area contributed by atoms with Crippen LogP contribution in [0.3, 0.4) is 0 Å². The number of nitrogens with zero attached hydrogens (tertiary/aromatic N) is 1. The lowest BCUT2D eigenvalue weighted by molar-refractivity contribution is -0.126. The lowest BCUT2D eigenvalue weighted by Crippen LogP contribution is -2.38. The average molecular weight is 434 g/mol. The predicted octanol–water partition coefficient (Wildman–Crippen LogP) is 2.00. The first-order chi connectivity index (χ1) is 15.5. The third-order valence-electron chi connectivity index (χ3n) is 5.63. The van der Waals surface area contributed by atoms with Crippen molar-refractivity contribution >= 4 is 34.3 Å². The highest BCUT2D eigenvalue weighted by atomic mass is 16.5. The van der Waals surface area contributed by atoms with Gasteiger partial charge in [0.15, 0.2) is 0 Å². The van der Waals surface area contributed by atoms with Crippen molar-refractivity contribution in [3.8, 4) is 5.75 Å². The molecule has 0 radical (unpaired) electrons. The molecule has 1 aromatic heterocycles. The van der Waals surface area contributed by atoms with Gasteiger partial charge in [0.25, 0.3) is 0 Å². The first-order valence-electron chi connectivity index (χ1n) is 10.6. The van der Waals surface area contributed by atoms with Gasteiger partial charge in [-0.3, -0.25) is 14.4 Å². The van der Waals surface area contributed by atoms with Crippen LogP contribution < -0.4 is 20.3 Å². The second-order valence-electron chi connectivity index (χ2n) is 7.78. The molecule has 1 saturated heterocycles. The third-order valence-corrected chi connectivity index (χ3v) is 5.63. The SMILES string of the molecule is COc1cccc(N2CC(C(=O)NCCNC(=O)Cc3c[nH]c4ccccc34)CC2=O)c1. The molecule has 1 unspecified atom stereocenters. The average Bonchev–Trinajstić information content (AvgIpc) is 3.40. The summed E-state index contributed by atoms with van der Waals surface area (Å²) in [4.78, 5) is 41.9. The van der Waals surface area contributed by atoms with E-state index in [1.807, 2.05) is 42.6 Å². The van der Waals surface area contributed by atoms with Crippen molar-refractivity contribution in [2.45, 2.75) is 12.8 Å². The van der Waals surface area contributed by atoms with E-state index in [2.05, 4.69) is 15.6 Å². The lowest BCUT2D eigenvalue weighted by Gasteiger charge is -2.17. The van der Waals surface area contributed by atoms with Crippen molar-refractivity contribution in [3.63, 3.8) is 0 Å². The number of rotatable bonds is 8. The molecule has 8 heteroatoms. The van der Waals surface area contributed by atoms with Crippen molar-refractivity contribution in [2.75, 3.05) is 31.6 Å². The number of aromatic nitrogens is 1. The van der Waals surface area contributed by atoms with Crippen molar-refractivity contribution in [1.82, 2.24) is 15.6 Å². The summed E-state index contributed by atoms with van der Waals surface area (Å²) in [5.41, 5.74) is 2.65. The Morgan fingerprint density at radius 3 is 2.78 bits per heavy atom. The molecule has 3 amide bonds. The topological polar surface area (TPSA) is 104 Å². The van der Waals surface area contributed by atoms with Gasteiger partial charge >= 0.3 is 0 Å². The molecule has 0 spiro atoms. The van der Waals surface area contributed by atoms with Gasteiger partial charge in [0.2, 0.25) is 17.7 Å². The number of aromatic amines is 1. The van der Waals surface area contributed by atoms with Crippen LogP contribution >= 0.6 is 0 Å².